The minimum Gasteiger partial charge on any atom is -0.357 e. The summed E-state index contributed by atoms with van der Waals surface area (Å²) in [4.78, 5) is 8.69. The molecule has 0 radical (unpaired) electrons. The number of thiophene rings is 1. The van der Waals surface area contributed by atoms with E-state index in [0.29, 0.717) is 17.9 Å². The molecule has 1 aliphatic rings. The predicted octanol–water partition coefficient (Wildman–Crippen LogP) is 3.34. The lowest BCUT2D eigenvalue weighted by Crippen LogP contribution is -2.45. The smallest absolute Gasteiger partial charge is 0.191 e. The van der Waals surface area contributed by atoms with E-state index in [2.05, 4.69) is 65.9 Å². The molecular weight excluding hydrogens is 304 g/mol. The van der Waals surface area contributed by atoms with Gasteiger partial charge in [0, 0.05) is 30.6 Å². The lowest BCUT2D eigenvalue weighted by atomic mass is 9.88. The fourth-order valence-electron chi connectivity index (χ4n) is 3.23. The maximum atomic E-state index is 4.69. The molecule has 1 aliphatic heterocycles. The van der Waals surface area contributed by atoms with E-state index in [-0.39, 0.29) is 0 Å². The fourth-order valence-corrected chi connectivity index (χ4v) is 4.21. The summed E-state index contributed by atoms with van der Waals surface area (Å²) in [6.07, 6.45) is 2.56. The van der Waals surface area contributed by atoms with Crippen molar-refractivity contribution in [3.8, 4) is 0 Å². The van der Waals surface area contributed by atoms with Crippen molar-refractivity contribution in [3.63, 3.8) is 0 Å². The first-order valence-corrected chi connectivity index (χ1v) is 9.75. The molecule has 2 unspecified atom stereocenters. The van der Waals surface area contributed by atoms with Gasteiger partial charge in [-0.1, -0.05) is 19.9 Å². The minimum absolute atomic E-state index is 0.532. The Hall–Kier alpha value is -1.07. The summed E-state index contributed by atoms with van der Waals surface area (Å²) < 4.78 is 0. The predicted molar refractivity (Wildman–Crippen MR) is 101 cm³/mol. The zero-order valence-electron chi connectivity index (χ0n) is 15.0. The summed E-state index contributed by atoms with van der Waals surface area (Å²) in [5, 5.41) is 9.13. The number of aliphatic imine (C=N–C) groups is 1. The van der Waals surface area contributed by atoms with Crippen LogP contribution in [0.25, 0.3) is 0 Å². The molecule has 130 valence electrons. The van der Waals surface area contributed by atoms with Gasteiger partial charge in [0.1, 0.15) is 0 Å². The lowest BCUT2D eigenvalue weighted by Gasteiger charge is -2.39. The zero-order chi connectivity index (χ0) is 16.7. The van der Waals surface area contributed by atoms with Crippen molar-refractivity contribution in [1.82, 2.24) is 15.5 Å². The molecule has 1 fully saturated rings. The highest BCUT2D eigenvalue weighted by molar-refractivity contribution is 7.10. The van der Waals surface area contributed by atoms with E-state index in [4.69, 9.17) is 0 Å². The number of guanidine groups is 1. The summed E-state index contributed by atoms with van der Waals surface area (Å²) in [5.41, 5.74) is 0. The number of likely N-dealkylation sites (tertiary alicyclic amines) is 1. The molecule has 23 heavy (non-hydrogen) atoms. The maximum absolute atomic E-state index is 4.69. The largest absolute Gasteiger partial charge is 0.357 e. The van der Waals surface area contributed by atoms with Gasteiger partial charge in [-0.3, -0.25) is 9.89 Å². The molecular formula is C18H32N4S. The van der Waals surface area contributed by atoms with Crippen LogP contribution in [-0.4, -0.2) is 44.1 Å². The van der Waals surface area contributed by atoms with E-state index in [0.717, 1.165) is 25.6 Å². The van der Waals surface area contributed by atoms with Crippen molar-refractivity contribution in [2.75, 3.05) is 33.2 Å². The maximum Gasteiger partial charge on any atom is 0.191 e. The van der Waals surface area contributed by atoms with Gasteiger partial charge >= 0.3 is 0 Å². The van der Waals surface area contributed by atoms with Gasteiger partial charge in [0.25, 0.3) is 0 Å². The molecule has 1 saturated heterocycles. The van der Waals surface area contributed by atoms with E-state index >= 15 is 0 Å². The molecule has 0 spiro atoms. The molecule has 2 atom stereocenters. The van der Waals surface area contributed by atoms with Crippen LogP contribution >= 0.6 is 11.3 Å². The van der Waals surface area contributed by atoms with Crippen LogP contribution in [0.3, 0.4) is 0 Å². The average molecular weight is 337 g/mol. The number of nitrogens with zero attached hydrogens (tertiary/aromatic N) is 2. The van der Waals surface area contributed by atoms with Crippen molar-refractivity contribution < 1.29 is 0 Å². The number of hydrogen-bond acceptors (Lipinski definition) is 3. The first kappa shape index (κ1) is 18.3. The van der Waals surface area contributed by atoms with Crippen LogP contribution in [-0.2, 0) is 0 Å². The molecule has 2 rings (SSSR count). The Morgan fingerprint density at radius 1 is 1.43 bits per heavy atom. The molecule has 0 bridgehead atoms. The molecule has 1 aromatic heterocycles. The van der Waals surface area contributed by atoms with Crippen LogP contribution < -0.4 is 10.6 Å². The highest BCUT2D eigenvalue weighted by Gasteiger charge is 2.31. The Balaban J connectivity index is 1.99. The van der Waals surface area contributed by atoms with Gasteiger partial charge in [-0.05, 0) is 56.6 Å². The van der Waals surface area contributed by atoms with Crippen molar-refractivity contribution in [2.45, 2.75) is 39.7 Å². The number of rotatable bonds is 6. The Kier molecular flexibility index (Phi) is 7.37. The van der Waals surface area contributed by atoms with Crippen molar-refractivity contribution in [1.29, 1.82) is 0 Å². The van der Waals surface area contributed by atoms with Crippen molar-refractivity contribution >= 4 is 17.3 Å². The fraction of sp³-hybridized carbons (Fsp3) is 0.722. The van der Waals surface area contributed by atoms with Crippen molar-refractivity contribution in [3.05, 3.63) is 22.4 Å². The number of nitrogens with one attached hydrogen (secondary N) is 2. The molecule has 1 aromatic rings. The third-order valence-electron chi connectivity index (χ3n) is 4.33. The standard InChI is InChI=1S/C18H32N4S/c1-5-19-18(20-12-14(2)3)21-13-15-8-6-10-22(4)17(15)16-9-7-11-23-16/h7,9,11,14-15,17H,5-6,8,10,12-13H2,1-4H3,(H2,19,20,21). The van der Waals surface area contributed by atoms with Crippen LogP contribution in [0.5, 0.6) is 0 Å². The highest BCUT2D eigenvalue weighted by atomic mass is 32.1. The van der Waals surface area contributed by atoms with Crippen LogP contribution in [0.2, 0.25) is 0 Å². The Bertz CT molecular complexity index is 469. The monoisotopic (exact) mass is 336 g/mol. The third kappa shape index (κ3) is 5.50. The molecule has 2 N–H and O–H groups in total. The highest BCUT2D eigenvalue weighted by Crippen LogP contribution is 2.36. The Morgan fingerprint density at radius 3 is 2.91 bits per heavy atom. The van der Waals surface area contributed by atoms with Gasteiger partial charge in [0.2, 0.25) is 0 Å². The Morgan fingerprint density at radius 2 is 2.26 bits per heavy atom. The van der Waals surface area contributed by atoms with Gasteiger partial charge in [0.15, 0.2) is 5.96 Å². The van der Waals surface area contributed by atoms with Gasteiger partial charge in [0.05, 0.1) is 0 Å². The molecule has 0 aromatic carbocycles. The molecule has 0 amide bonds. The van der Waals surface area contributed by atoms with Crippen LogP contribution in [0.15, 0.2) is 22.5 Å². The summed E-state index contributed by atoms with van der Waals surface area (Å²) in [5.74, 6) is 2.18. The zero-order valence-corrected chi connectivity index (χ0v) is 15.8. The molecule has 5 heteroatoms. The summed E-state index contributed by atoms with van der Waals surface area (Å²) in [7, 11) is 2.26. The summed E-state index contributed by atoms with van der Waals surface area (Å²) in [6, 6.07) is 4.98. The van der Waals surface area contributed by atoms with E-state index in [1.165, 1.54) is 24.3 Å². The van der Waals surface area contributed by atoms with E-state index in [1.54, 1.807) is 0 Å². The SMILES string of the molecule is CCNC(=NCC(C)C)NCC1CCCN(C)C1c1cccs1. The molecule has 4 nitrogen and oxygen atoms in total. The average Bonchev–Trinajstić information content (AvgIpc) is 3.04. The van der Waals surface area contributed by atoms with Crippen LogP contribution in [0, 0.1) is 11.8 Å². The summed E-state index contributed by atoms with van der Waals surface area (Å²) >= 11 is 1.88. The normalized spacial score (nSPS) is 23.3. The summed E-state index contributed by atoms with van der Waals surface area (Å²) in [6.45, 7) is 10.5. The molecule has 0 saturated carbocycles. The van der Waals surface area contributed by atoms with Crippen LogP contribution in [0.1, 0.15) is 44.5 Å². The van der Waals surface area contributed by atoms with E-state index in [9.17, 15) is 0 Å². The third-order valence-corrected chi connectivity index (χ3v) is 5.28. The van der Waals surface area contributed by atoms with Crippen LogP contribution in [0.4, 0.5) is 0 Å². The van der Waals surface area contributed by atoms with Gasteiger partial charge in [-0.15, -0.1) is 11.3 Å². The topological polar surface area (TPSA) is 39.7 Å². The lowest BCUT2D eigenvalue weighted by molar-refractivity contribution is 0.125. The van der Waals surface area contributed by atoms with E-state index in [1.807, 2.05) is 11.3 Å². The van der Waals surface area contributed by atoms with Gasteiger partial charge < -0.3 is 10.6 Å². The first-order chi connectivity index (χ1) is 11.1. The number of piperidine rings is 1. The van der Waals surface area contributed by atoms with Crippen molar-refractivity contribution in [2.24, 2.45) is 16.8 Å². The molecule has 2 heterocycles. The Labute approximate surface area is 145 Å². The quantitative estimate of drug-likeness (QED) is 0.618. The minimum atomic E-state index is 0.532. The second kappa shape index (κ2) is 9.28. The van der Waals surface area contributed by atoms with Gasteiger partial charge in [-0.2, -0.15) is 0 Å². The number of hydrogen-bond donors (Lipinski definition) is 2. The second-order valence-corrected chi connectivity index (χ2v) is 7.82. The molecule has 0 aliphatic carbocycles. The first-order valence-electron chi connectivity index (χ1n) is 8.87. The second-order valence-electron chi connectivity index (χ2n) is 6.84. The van der Waals surface area contributed by atoms with Gasteiger partial charge in [-0.25, -0.2) is 0 Å². The van der Waals surface area contributed by atoms with E-state index < -0.39 is 0 Å².